The first-order valence-electron chi connectivity index (χ1n) is 8.31. The number of halogens is 1. The third-order valence-electron chi connectivity index (χ3n) is 4.01. The van der Waals surface area contributed by atoms with Gasteiger partial charge in [-0.25, -0.2) is 8.42 Å². The quantitative estimate of drug-likeness (QED) is 0.704. The van der Waals surface area contributed by atoms with E-state index in [0.29, 0.717) is 12.2 Å². The maximum absolute atomic E-state index is 12.7. The molecule has 0 bridgehead atoms. The van der Waals surface area contributed by atoms with E-state index in [1.54, 1.807) is 24.3 Å². The Morgan fingerprint density at radius 3 is 2.31 bits per heavy atom. The van der Waals surface area contributed by atoms with Crippen molar-refractivity contribution in [2.75, 3.05) is 7.05 Å². The van der Waals surface area contributed by atoms with Gasteiger partial charge in [-0.1, -0.05) is 36.7 Å². The van der Waals surface area contributed by atoms with E-state index in [9.17, 15) is 8.42 Å². The van der Waals surface area contributed by atoms with Crippen LogP contribution in [0.4, 0.5) is 0 Å². The van der Waals surface area contributed by atoms with Gasteiger partial charge in [-0.15, -0.1) is 12.4 Å². The number of hydrogen-bond donors (Lipinski definition) is 2. The minimum absolute atomic E-state index is 0. The highest BCUT2D eigenvalue weighted by atomic mass is 35.5. The minimum atomic E-state index is -3.68. The first-order valence-corrected chi connectivity index (χ1v) is 9.80. The van der Waals surface area contributed by atoms with E-state index in [2.05, 4.69) is 20.2 Å². The lowest BCUT2D eigenvalue weighted by Gasteiger charge is -2.18. The lowest BCUT2D eigenvalue weighted by molar-refractivity contribution is 0.308. The molecule has 0 aliphatic carbocycles. The molecule has 0 saturated heterocycles. The maximum atomic E-state index is 12.7. The van der Waals surface area contributed by atoms with E-state index >= 15 is 0 Å². The molecular formula is C17H27ClN4O3S. The van der Waals surface area contributed by atoms with Crippen LogP contribution >= 0.6 is 12.4 Å². The van der Waals surface area contributed by atoms with Gasteiger partial charge >= 0.3 is 0 Å². The number of aromatic nitrogens is 2. The Hall–Kier alpha value is -1.48. The summed E-state index contributed by atoms with van der Waals surface area (Å²) in [5.74, 6) is 0.788. The molecule has 2 aromatic rings. The summed E-state index contributed by atoms with van der Waals surface area (Å²) in [6.07, 6.45) is 0.607. The topological polar surface area (TPSA) is 97.1 Å². The highest BCUT2D eigenvalue weighted by Gasteiger charge is 2.28. The molecule has 1 aromatic carbocycles. The lowest BCUT2D eigenvalue weighted by Crippen LogP contribution is -2.32. The van der Waals surface area contributed by atoms with Crippen LogP contribution in [0.5, 0.6) is 0 Å². The summed E-state index contributed by atoms with van der Waals surface area (Å²) in [7, 11) is -1.82. The van der Waals surface area contributed by atoms with Crippen molar-refractivity contribution in [1.82, 2.24) is 20.2 Å². The van der Waals surface area contributed by atoms with Gasteiger partial charge in [0.2, 0.25) is 15.9 Å². The number of nitrogens with zero attached hydrogens (tertiary/aromatic N) is 2. The number of aryl methyl sites for hydroxylation is 1. The summed E-state index contributed by atoms with van der Waals surface area (Å²) in [6.45, 7) is 7.73. The van der Waals surface area contributed by atoms with E-state index in [0.717, 1.165) is 5.56 Å². The fraction of sp³-hybridized carbons (Fsp3) is 0.529. The highest BCUT2D eigenvalue weighted by molar-refractivity contribution is 7.89. The average Bonchev–Trinajstić information content (AvgIpc) is 3.00. The van der Waals surface area contributed by atoms with E-state index in [1.165, 1.54) is 0 Å². The highest BCUT2D eigenvalue weighted by Crippen LogP contribution is 2.23. The molecule has 2 unspecified atom stereocenters. The molecule has 9 heteroatoms. The second kappa shape index (κ2) is 9.45. The number of rotatable bonds is 8. The normalized spacial score (nSPS) is 14.1. The molecule has 0 aliphatic heterocycles. The van der Waals surface area contributed by atoms with E-state index in [1.807, 2.05) is 34.7 Å². The standard InChI is InChI=1S/C17H26N4O3S.ClH/c1-11(2)16(17-19-15(20-24-17)10-13(4)18-5)21-25(22,23)14-8-6-12(3)7-9-14;/h6-9,11,13,16,18,21H,10H2,1-5H3;1H. The zero-order chi connectivity index (χ0) is 18.6. The molecule has 0 radical (unpaired) electrons. The SMILES string of the molecule is CNC(C)Cc1noc(C(NS(=O)(=O)c2ccc(C)cc2)C(C)C)n1.Cl. The third-order valence-corrected chi connectivity index (χ3v) is 5.47. The second-order valence-corrected chi connectivity index (χ2v) is 8.31. The van der Waals surface area contributed by atoms with Crippen molar-refractivity contribution < 1.29 is 12.9 Å². The number of nitrogens with one attached hydrogen (secondary N) is 2. The van der Waals surface area contributed by atoms with Crippen molar-refractivity contribution in [2.45, 2.75) is 51.1 Å². The summed E-state index contributed by atoms with van der Waals surface area (Å²) < 4.78 is 33.3. The molecule has 2 N–H and O–H groups in total. The molecule has 1 aromatic heterocycles. The van der Waals surface area contributed by atoms with Gasteiger partial charge in [0.1, 0.15) is 6.04 Å². The second-order valence-electron chi connectivity index (χ2n) is 6.60. The molecule has 0 fully saturated rings. The van der Waals surface area contributed by atoms with E-state index < -0.39 is 16.1 Å². The van der Waals surface area contributed by atoms with Crippen LogP contribution in [0, 0.1) is 12.8 Å². The molecule has 0 amide bonds. The van der Waals surface area contributed by atoms with Crippen molar-refractivity contribution in [3.05, 3.63) is 41.5 Å². The van der Waals surface area contributed by atoms with Crippen LogP contribution in [0.3, 0.4) is 0 Å². The molecule has 2 atom stereocenters. The molecule has 146 valence electrons. The van der Waals surface area contributed by atoms with Crippen molar-refractivity contribution in [3.63, 3.8) is 0 Å². The number of sulfonamides is 1. The van der Waals surface area contributed by atoms with Crippen LogP contribution in [0.2, 0.25) is 0 Å². The van der Waals surface area contributed by atoms with Crippen LogP contribution < -0.4 is 10.0 Å². The Bertz CT molecular complexity index is 791. The van der Waals surface area contributed by atoms with Crippen LogP contribution in [-0.4, -0.2) is 31.6 Å². The van der Waals surface area contributed by atoms with Gasteiger partial charge < -0.3 is 9.84 Å². The van der Waals surface area contributed by atoms with Crippen molar-refractivity contribution in [1.29, 1.82) is 0 Å². The average molecular weight is 403 g/mol. The fourth-order valence-corrected chi connectivity index (χ4v) is 3.61. The zero-order valence-corrected chi connectivity index (χ0v) is 17.3. The molecule has 2 rings (SSSR count). The molecular weight excluding hydrogens is 376 g/mol. The number of hydrogen-bond acceptors (Lipinski definition) is 6. The Morgan fingerprint density at radius 1 is 1.15 bits per heavy atom. The fourth-order valence-electron chi connectivity index (χ4n) is 2.28. The Kier molecular flexibility index (Phi) is 8.20. The summed E-state index contributed by atoms with van der Waals surface area (Å²) in [5, 5.41) is 7.07. The lowest BCUT2D eigenvalue weighted by atomic mass is 10.1. The van der Waals surface area contributed by atoms with Crippen molar-refractivity contribution in [3.8, 4) is 0 Å². The van der Waals surface area contributed by atoms with Crippen LogP contribution in [0.1, 0.15) is 44.1 Å². The van der Waals surface area contributed by atoms with Gasteiger partial charge in [0.05, 0.1) is 4.90 Å². The van der Waals surface area contributed by atoms with Gasteiger partial charge in [0.15, 0.2) is 5.82 Å². The summed E-state index contributed by atoms with van der Waals surface area (Å²) in [6, 6.07) is 6.32. The summed E-state index contributed by atoms with van der Waals surface area (Å²) in [4.78, 5) is 4.58. The van der Waals surface area contributed by atoms with Crippen molar-refractivity contribution >= 4 is 22.4 Å². The van der Waals surface area contributed by atoms with Crippen LogP contribution in [-0.2, 0) is 16.4 Å². The van der Waals surface area contributed by atoms with Gasteiger partial charge in [0.25, 0.3) is 0 Å². The monoisotopic (exact) mass is 402 g/mol. The molecule has 7 nitrogen and oxygen atoms in total. The summed E-state index contributed by atoms with van der Waals surface area (Å²) in [5.41, 5.74) is 1.000. The summed E-state index contributed by atoms with van der Waals surface area (Å²) >= 11 is 0. The molecule has 1 heterocycles. The Labute approximate surface area is 161 Å². The Balaban J connectivity index is 0.00000338. The molecule has 0 spiro atoms. The largest absolute Gasteiger partial charge is 0.338 e. The number of likely N-dealkylation sites (N-methyl/N-ethyl adjacent to an activating group) is 1. The molecule has 0 saturated carbocycles. The van der Waals surface area contributed by atoms with Gasteiger partial charge in [0, 0.05) is 12.5 Å². The first kappa shape index (κ1) is 22.6. The zero-order valence-electron chi connectivity index (χ0n) is 15.7. The van der Waals surface area contributed by atoms with Crippen LogP contribution in [0.15, 0.2) is 33.7 Å². The maximum Gasteiger partial charge on any atom is 0.245 e. The predicted molar refractivity (Wildman–Crippen MR) is 103 cm³/mol. The minimum Gasteiger partial charge on any atom is -0.338 e. The smallest absolute Gasteiger partial charge is 0.245 e. The van der Waals surface area contributed by atoms with Gasteiger partial charge in [-0.3, -0.25) is 0 Å². The van der Waals surface area contributed by atoms with Crippen LogP contribution in [0.25, 0.3) is 0 Å². The first-order chi connectivity index (χ1) is 11.7. The molecule has 0 aliphatic rings. The molecule has 26 heavy (non-hydrogen) atoms. The Morgan fingerprint density at radius 2 is 1.77 bits per heavy atom. The van der Waals surface area contributed by atoms with Gasteiger partial charge in [-0.2, -0.15) is 9.71 Å². The van der Waals surface area contributed by atoms with Crippen molar-refractivity contribution in [2.24, 2.45) is 5.92 Å². The van der Waals surface area contributed by atoms with Gasteiger partial charge in [-0.05, 0) is 38.9 Å². The number of benzene rings is 1. The van der Waals surface area contributed by atoms with E-state index in [4.69, 9.17) is 4.52 Å². The van der Waals surface area contributed by atoms with E-state index in [-0.39, 0.29) is 35.2 Å². The third kappa shape index (κ3) is 5.77. The predicted octanol–water partition coefficient (Wildman–Crippen LogP) is 2.63.